The SMILES string of the molecule is CC[C@H](C)[C@H](NC(=O)[C@H](Cc1ccccc1)NC(=O)[C@H](CCSC)NC=O)C(=O)N[C@@H](CC(C)C)C(=O)O. The molecule has 0 aliphatic heterocycles. The molecule has 212 valence electrons. The van der Waals surface area contributed by atoms with Gasteiger partial charge in [0.25, 0.3) is 0 Å². The van der Waals surface area contributed by atoms with Crippen LogP contribution in [0, 0.1) is 11.8 Å². The van der Waals surface area contributed by atoms with Gasteiger partial charge in [-0.25, -0.2) is 4.79 Å². The van der Waals surface area contributed by atoms with Crippen LogP contribution in [0.25, 0.3) is 0 Å². The molecule has 0 aliphatic carbocycles. The zero-order valence-corrected chi connectivity index (χ0v) is 23.7. The van der Waals surface area contributed by atoms with E-state index in [-0.39, 0.29) is 24.7 Å². The number of carboxylic acids is 1. The van der Waals surface area contributed by atoms with Gasteiger partial charge in [-0.15, -0.1) is 0 Å². The van der Waals surface area contributed by atoms with Crippen LogP contribution in [0.15, 0.2) is 30.3 Å². The van der Waals surface area contributed by atoms with E-state index in [4.69, 9.17) is 0 Å². The first kappa shape index (κ1) is 32.9. The fourth-order valence-corrected chi connectivity index (χ4v) is 4.32. The number of thioether (sulfide) groups is 1. The summed E-state index contributed by atoms with van der Waals surface area (Å²) in [6.07, 6.45) is 3.68. The molecule has 0 fully saturated rings. The fraction of sp³-hybridized carbons (Fsp3) is 0.593. The van der Waals surface area contributed by atoms with E-state index in [1.54, 1.807) is 6.92 Å². The number of carbonyl (C=O) groups is 5. The number of nitrogens with one attached hydrogen (secondary N) is 4. The van der Waals surface area contributed by atoms with Crippen molar-refractivity contribution in [2.24, 2.45) is 11.8 Å². The topological polar surface area (TPSA) is 154 Å². The molecule has 0 unspecified atom stereocenters. The van der Waals surface area contributed by atoms with Crippen molar-refractivity contribution in [3.05, 3.63) is 35.9 Å². The maximum atomic E-state index is 13.5. The van der Waals surface area contributed by atoms with Crippen LogP contribution in [-0.4, -0.2) is 71.4 Å². The highest BCUT2D eigenvalue weighted by molar-refractivity contribution is 7.98. The zero-order chi connectivity index (χ0) is 28.7. The summed E-state index contributed by atoms with van der Waals surface area (Å²) in [5.74, 6) is -2.45. The van der Waals surface area contributed by atoms with Crippen LogP contribution in [0.5, 0.6) is 0 Å². The van der Waals surface area contributed by atoms with Gasteiger partial charge in [0.05, 0.1) is 0 Å². The predicted octanol–water partition coefficient (Wildman–Crippen LogP) is 1.73. The van der Waals surface area contributed by atoms with E-state index in [9.17, 15) is 29.1 Å². The van der Waals surface area contributed by atoms with Gasteiger partial charge >= 0.3 is 5.97 Å². The second kappa shape index (κ2) is 17.4. The Kier molecular flexibility index (Phi) is 15.1. The predicted molar refractivity (Wildman–Crippen MR) is 148 cm³/mol. The molecule has 1 rings (SSSR count). The molecule has 4 amide bonds. The Morgan fingerprint density at radius 1 is 0.921 bits per heavy atom. The lowest BCUT2D eigenvalue weighted by atomic mass is 9.96. The monoisotopic (exact) mass is 550 g/mol. The van der Waals surface area contributed by atoms with Crippen LogP contribution in [0.4, 0.5) is 0 Å². The van der Waals surface area contributed by atoms with Crippen LogP contribution in [0.2, 0.25) is 0 Å². The summed E-state index contributed by atoms with van der Waals surface area (Å²) in [6.45, 7) is 7.38. The normalized spacial score (nSPS) is 14.9. The number of carboxylic acid groups (broad SMARTS) is 1. The van der Waals surface area contributed by atoms with Gasteiger partial charge in [-0.2, -0.15) is 11.8 Å². The molecule has 0 spiro atoms. The molecule has 5 atom stereocenters. The first-order chi connectivity index (χ1) is 18.0. The number of carbonyl (C=O) groups excluding carboxylic acids is 4. The molecule has 38 heavy (non-hydrogen) atoms. The number of benzene rings is 1. The zero-order valence-electron chi connectivity index (χ0n) is 22.9. The number of hydrogen-bond acceptors (Lipinski definition) is 6. The number of hydrogen-bond donors (Lipinski definition) is 5. The molecular weight excluding hydrogens is 508 g/mol. The van der Waals surface area contributed by atoms with Crippen LogP contribution >= 0.6 is 11.8 Å². The highest BCUT2D eigenvalue weighted by Gasteiger charge is 2.33. The first-order valence-corrected chi connectivity index (χ1v) is 14.3. The summed E-state index contributed by atoms with van der Waals surface area (Å²) in [7, 11) is 0. The second-order valence-corrected chi connectivity index (χ2v) is 10.8. The molecule has 0 aliphatic rings. The van der Waals surface area contributed by atoms with Crippen molar-refractivity contribution in [1.82, 2.24) is 21.3 Å². The van der Waals surface area contributed by atoms with Gasteiger partial charge in [-0.3, -0.25) is 19.2 Å². The van der Waals surface area contributed by atoms with Crippen LogP contribution in [0.3, 0.4) is 0 Å². The van der Waals surface area contributed by atoms with E-state index in [1.807, 2.05) is 57.4 Å². The first-order valence-electron chi connectivity index (χ1n) is 12.9. The van der Waals surface area contributed by atoms with E-state index in [2.05, 4.69) is 21.3 Å². The van der Waals surface area contributed by atoms with Gasteiger partial charge < -0.3 is 26.4 Å². The Hall–Kier alpha value is -3.08. The van der Waals surface area contributed by atoms with Crippen molar-refractivity contribution in [2.75, 3.05) is 12.0 Å². The van der Waals surface area contributed by atoms with Crippen molar-refractivity contribution in [3.8, 4) is 0 Å². The Labute approximate surface area is 229 Å². The Morgan fingerprint density at radius 2 is 1.53 bits per heavy atom. The molecule has 0 saturated heterocycles. The maximum absolute atomic E-state index is 13.5. The minimum atomic E-state index is -1.14. The van der Waals surface area contributed by atoms with Crippen molar-refractivity contribution < 1.29 is 29.1 Å². The third kappa shape index (κ3) is 11.5. The minimum absolute atomic E-state index is 0.0394. The van der Waals surface area contributed by atoms with Gasteiger partial charge in [-0.1, -0.05) is 64.4 Å². The quantitative estimate of drug-likeness (QED) is 0.174. The molecule has 0 heterocycles. The van der Waals surface area contributed by atoms with E-state index in [1.165, 1.54) is 11.8 Å². The average molecular weight is 551 g/mol. The summed E-state index contributed by atoms with van der Waals surface area (Å²) >= 11 is 1.53. The number of rotatable bonds is 18. The van der Waals surface area contributed by atoms with E-state index < -0.39 is 47.9 Å². The molecule has 0 bridgehead atoms. The van der Waals surface area contributed by atoms with E-state index in [0.717, 1.165) is 5.56 Å². The maximum Gasteiger partial charge on any atom is 0.326 e. The number of aliphatic carboxylic acids is 1. The highest BCUT2D eigenvalue weighted by Crippen LogP contribution is 2.12. The third-order valence-corrected chi connectivity index (χ3v) is 6.87. The molecule has 0 aromatic heterocycles. The van der Waals surface area contributed by atoms with Crippen LogP contribution in [0.1, 0.15) is 52.5 Å². The van der Waals surface area contributed by atoms with Crippen molar-refractivity contribution >= 4 is 41.9 Å². The third-order valence-electron chi connectivity index (χ3n) is 6.23. The van der Waals surface area contributed by atoms with Crippen molar-refractivity contribution in [2.45, 2.75) is 77.5 Å². The fourth-order valence-electron chi connectivity index (χ4n) is 3.85. The van der Waals surface area contributed by atoms with Crippen LogP contribution < -0.4 is 21.3 Å². The van der Waals surface area contributed by atoms with E-state index in [0.29, 0.717) is 25.0 Å². The highest BCUT2D eigenvalue weighted by atomic mass is 32.2. The molecule has 11 heteroatoms. The van der Waals surface area contributed by atoms with Crippen molar-refractivity contribution in [3.63, 3.8) is 0 Å². The van der Waals surface area contributed by atoms with Gasteiger partial charge in [0, 0.05) is 6.42 Å². The summed E-state index contributed by atoms with van der Waals surface area (Å²) in [5.41, 5.74) is 0.796. The standard InChI is InChI=1S/C27H42N4O6S/c1-6-18(4)23(26(35)30-22(27(36)37)14-17(2)3)31-25(34)21(15-19-10-8-7-9-11-19)29-24(33)20(28-16-32)12-13-38-5/h7-11,16-18,20-23H,6,12-15H2,1-5H3,(H,28,32)(H,29,33)(H,30,35)(H,31,34)(H,36,37)/t18-,20-,21-,22-,23-/m0/s1. The summed E-state index contributed by atoms with van der Waals surface area (Å²) in [5, 5.41) is 20.1. The molecule has 0 saturated carbocycles. The second-order valence-electron chi connectivity index (χ2n) is 9.77. The van der Waals surface area contributed by atoms with Crippen molar-refractivity contribution in [1.29, 1.82) is 0 Å². The summed E-state index contributed by atoms with van der Waals surface area (Å²) in [4.78, 5) is 62.4. The molecule has 5 N–H and O–H groups in total. The molecule has 1 aromatic carbocycles. The smallest absolute Gasteiger partial charge is 0.326 e. The summed E-state index contributed by atoms with van der Waals surface area (Å²) in [6, 6.07) is 5.19. The Bertz CT molecular complexity index is 914. The minimum Gasteiger partial charge on any atom is -0.480 e. The lowest BCUT2D eigenvalue weighted by Gasteiger charge is -2.28. The summed E-state index contributed by atoms with van der Waals surface area (Å²) < 4.78 is 0. The van der Waals surface area contributed by atoms with Gasteiger partial charge in [0.15, 0.2) is 0 Å². The van der Waals surface area contributed by atoms with Crippen LogP contribution in [-0.2, 0) is 30.4 Å². The van der Waals surface area contributed by atoms with Gasteiger partial charge in [-0.05, 0) is 42.2 Å². The lowest BCUT2D eigenvalue weighted by molar-refractivity contribution is -0.143. The molecule has 10 nitrogen and oxygen atoms in total. The average Bonchev–Trinajstić information content (AvgIpc) is 2.88. The van der Waals surface area contributed by atoms with E-state index >= 15 is 0 Å². The molecule has 1 aromatic rings. The largest absolute Gasteiger partial charge is 0.480 e. The lowest BCUT2D eigenvalue weighted by Crippen LogP contribution is -2.59. The number of amides is 4. The Balaban J connectivity index is 3.18. The molecule has 0 radical (unpaired) electrons. The Morgan fingerprint density at radius 3 is 2.05 bits per heavy atom. The molecular formula is C27H42N4O6S. The van der Waals surface area contributed by atoms with Gasteiger partial charge in [0.1, 0.15) is 24.2 Å². The van der Waals surface area contributed by atoms with Gasteiger partial charge in [0.2, 0.25) is 24.1 Å².